The van der Waals surface area contributed by atoms with Crippen LogP contribution in [0.5, 0.6) is 0 Å². The van der Waals surface area contributed by atoms with Crippen LogP contribution in [0.1, 0.15) is 0 Å². The summed E-state index contributed by atoms with van der Waals surface area (Å²) < 4.78 is 0. The minimum Gasteiger partial charge on any atom is -0.372 e. The van der Waals surface area contributed by atoms with Crippen molar-refractivity contribution < 1.29 is 4.79 Å². The van der Waals surface area contributed by atoms with Crippen LogP contribution >= 0.6 is 0 Å². The second kappa shape index (κ2) is 5.75. The Bertz CT molecular complexity index is 96.8. The van der Waals surface area contributed by atoms with E-state index in [0.717, 1.165) is 0 Å². The zero-order valence-corrected chi connectivity index (χ0v) is 4.37. The van der Waals surface area contributed by atoms with Crippen molar-refractivity contribution in [1.29, 1.82) is 0 Å². The molecule has 0 spiro atoms. The van der Waals surface area contributed by atoms with Crippen molar-refractivity contribution in [1.82, 2.24) is 4.98 Å². The summed E-state index contributed by atoms with van der Waals surface area (Å²) in [6, 6.07) is 3.89. The van der Waals surface area contributed by atoms with E-state index >= 15 is 0 Å². The van der Waals surface area contributed by atoms with E-state index < -0.39 is 0 Å². The molecule has 0 aliphatic carbocycles. The highest BCUT2D eigenvalue weighted by molar-refractivity contribution is 5.42. The van der Waals surface area contributed by atoms with Gasteiger partial charge in [0.1, 0.15) is 0 Å². The summed E-state index contributed by atoms with van der Waals surface area (Å²) in [4.78, 5) is 11.4. The van der Waals surface area contributed by atoms with E-state index in [4.69, 9.17) is 4.79 Å². The minimum atomic E-state index is 0.250. The smallest absolute Gasteiger partial charge is 0.204 e. The van der Waals surface area contributed by atoms with Gasteiger partial charge in [-0.1, -0.05) is 0 Å². The first-order chi connectivity index (χ1) is 3.91. The number of carbonyl (C=O) groups is 1. The molecule has 0 saturated heterocycles. The van der Waals surface area contributed by atoms with Crippen molar-refractivity contribution in [3.05, 3.63) is 24.5 Å². The Labute approximate surface area is 47.5 Å². The molecule has 0 bridgehead atoms. The molecule has 0 fully saturated rings. The highest BCUT2D eigenvalue weighted by Gasteiger charge is 1.55. The lowest BCUT2D eigenvalue weighted by atomic mass is 10.7. The van der Waals surface area contributed by atoms with E-state index in [0.29, 0.717) is 0 Å². The summed E-state index contributed by atoms with van der Waals surface area (Å²) in [6.45, 7) is 0. The molecule has 1 amide bonds. The number of aromatic amines is 1. The zero-order chi connectivity index (χ0) is 6.24. The third-order valence-electron chi connectivity index (χ3n) is 0.496. The molecule has 3 nitrogen and oxygen atoms in total. The number of primary amides is 1. The quantitative estimate of drug-likeness (QED) is 0.460. The first kappa shape index (κ1) is 6.75. The first-order valence-electron chi connectivity index (χ1n) is 2.15. The standard InChI is InChI=1S/C4H5N.CH3NO/c1-2-4-5-3-1;2-1-3/h1-5H;1H,(H2,2,3). The predicted octanol–water partition coefficient (Wildman–Crippen LogP) is 0.116. The third-order valence-corrected chi connectivity index (χ3v) is 0.496. The molecular formula is C5H8N2O. The van der Waals surface area contributed by atoms with Gasteiger partial charge < -0.3 is 10.7 Å². The molecule has 8 heavy (non-hydrogen) atoms. The van der Waals surface area contributed by atoms with Crippen LogP contribution in [0.4, 0.5) is 0 Å². The van der Waals surface area contributed by atoms with E-state index in [2.05, 4.69) is 10.7 Å². The van der Waals surface area contributed by atoms with Gasteiger partial charge >= 0.3 is 0 Å². The summed E-state index contributed by atoms with van der Waals surface area (Å²) in [5.74, 6) is 0. The molecule has 0 aromatic carbocycles. The van der Waals surface area contributed by atoms with Crippen molar-refractivity contribution >= 4 is 6.41 Å². The van der Waals surface area contributed by atoms with Crippen molar-refractivity contribution in [2.24, 2.45) is 5.73 Å². The fourth-order valence-electron chi connectivity index (χ4n) is 0.278. The Morgan fingerprint density at radius 1 is 1.38 bits per heavy atom. The van der Waals surface area contributed by atoms with E-state index in [1.807, 2.05) is 24.5 Å². The molecule has 1 rings (SSSR count). The fraction of sp³-hybridized carbons (Fsp3) is 0. The van der Waals surface area contributed by atoms with Gasteiger partial charge in [0.15, 0.2) is 0 Å². The van der Waals surface area contributed by atoms with Crippen LogP contribution in [0.25, 0.3) is 0 Å². The SMILES string of the molecule is NC=O.c1cc[nH]c1. The summed E-state index contributed by atoms with van der Waals surface area (Å²) >= 11 is 0. The second-order valence-corrected chi connectivity index (χ2v) is 1.02. The summed E-state index contributed by atoms with van der Waals surface area (Å²) in [7, 11) is 0. The maximum Gasteiger partial charge on any atom is 0.204 e. The van der Waals surface area contributed by atoms with Crippen LogP contribution in [0, 0.1) is 0 Å². The number of rotatable bonds is 0. The van der Waals surface area contributed by atoms with Gasteiger partial charge in [0.25, 0.3) is 0 Å². The minimum absolute atomic E-state index is 0.250. The van der Waals surface area contributed by atoms with Gasteiger partial charge in [-0.15, -0.1) is 0 Å². The Balaban J connectivity index is 0.000000145. The number of carbonyl (C=O) groups excluding carboxylic acids is 1. The van der Waals surface area contributed by atoms with Crippen molar-refractivity contribution in [3.8, 4) is 0 Å². The van der Waals surface area contributed by atoms with E-state index in [1.54, 1.807) is 0 Å². The van der Waals surface area contributed by atoms with Gasteiger partial charge in [0.05, 0.1) is 0 Å². The van der Waals surface area contributed by atoms with Crippen molar-refractivity contribution in [3.63, 3.8) is 0 Å². The molecule has 0 radical (unpaired) electrons. The van der Waals surface area contributed by atoms with Crippen LogP contribution in [0.2, 0.25) is 0 Å². The molecule has 1 heterocycles. The van der Waals surface area contributed by atoms with E-state index in [9.17, 15) is 0 Å². The molecule has 0 aliphatic heterocycles. The molecule has 44 valence electrons. The maximum absolute atomic E-state index is 8.58. The van der Waals surface area contributed by atoms with Gasteiger partial charge in [-0.2, -0.15) is 0 Å². The molecule has 0 atom stereocenters. The van der Waals surface area contributed by atoms with Gasteiger partial charge in [0.2, 0.25) is 6.41 Å². The van der Waals surface area contributed by atoms with Crippen molar-refractivity contribution in [2.45, 2.75) is 0 Å². The number of hydrogen-bond acceptors (Lipinski definition) is 1. The number of nitrogens with two attached hydrogens (primary N) is 1. The first-order valence-corrected chi connectivity index (χ1v) is 2.15. The molecule has 1 aromatic heterocycles. The molecule has 0 unspecified atom stereocenters. The monoisotopic (exact) mass is 112 g/mol. The molecule has 1 aromatic rings. The lowest BCUT2D eigenvalue weighted by Crippen LogP contribution is -1.82. The summed E-state index contributed by atoms with van der Waals surface area (Å²) in [5, 5.41) is 0. The molecule has 0 aliphatic rings. The molecular weight excluding hydrogens is 104 g/mol. The van der Waals surface area contributed by atoms with Crippen LogP contribution in [-0.2, 0) is 4.79 Å². The average Bonchev–Trinajstić information content (AvgIpc) is 2.17. The Morgan fingerprint density at radius 2 is 1.75 bits per heavy atom. The maximum atomic E-state index is 8.58. The Kier molecular flexibility index (Phi) is 4.85. The largest absolute Gasteiger partial charge is 0.372 e. The Morgan fingerprint density at radius 3 is 1.88 bits per heavy atom. The number of hydrogen-bond donors (Lipinski definition) is 2. The normalized spacial score (nSPS) is 6.50. The predicted molar refractivity (Wildman–Crippen MR) is 31.0 cm³/mol. The van der Waals surface area contributed by atoms with Crippen molar-refractivity contribution in [2.75, 3.05) is 0 Å². The summed E-state index contributed by atoms with van der Waals surface area (Å²) in [5.41, 5.74) is 4.17. The zero-order valence-electron chi connectivity index (χ0n) is 4.37. The molecule has 0 saturated carbocycles. The number of amides is 1. The van der Waals surface area contributed by atoms with Gasteiger partial charge in [-0.3, -0.25) is 4.79 Å². The second-order valence-electron chi connectivity index (χ2n) is 1.02. The van der Waals surface area contributed by atoms with E-state index in [-0.39, 0.29) is 6.41 Å². The highest BCUT2D eigenvalue weighted by Crippen LogP contribution is 1.72. The van der Waals surface area contributed by atoms with Gasteiger partial charge in [-0.05, 0) is 12.1 Å². The van der Waals surface area contributed by atoms with Crippen LogP contribution in [-0.4, -0.2) is 11.4 Å². The lowest BCUT2D eigenvalue weighted by molar-refractivity contribution is -0.106. The highest BCUT2D eigenvalue weighted by atomic mass is 16.1. The number of aromatic nitrogens is 1. The molecule has 3 heteroatoms. The molecule has 3 N–H and O–H groups in total. The van der Waals surface area contributed by atoms with Gasteiger partial charge in [-0.25, -0.2) is 0 Å². The van der Waals surface area contributed by atoms with Crippen LogP contribution in [0.3, 0.4) is 0 Å². The third kappa shape index (κ3) is 4.75. The number of H-pyrrole nitrogens is 1. The summed E-state index contributed by atoms with van der Waals surface area (Å²) in [6.07, 6.45) is 4.00. The number of nitrogens with one attached hydrogen (secondary N) is 1. The lowest BCUT2D eigenvalue weighted by Gasteiger charge is -1.49. The van der Waals surface area contributed by atoms with E-state index in [1.165, 1.54) is 0 Å². The van der Waals surface area contributed by atoms with Crippen LogP contribution in [0.15, 0.2) is 24.5 Å². The Hall–Kier alpha value is -1.25. The average molecular weight is 112 g/mol. The topological polar surface area (TPSA) is 58.9 Å². The fourth-order valence-corrected chi connectivity index (χ4v) is 0.278. The van der Waals surface area contributed by atoms with Gasteiger partial charge in [0, 0.05) is 12.4 Å². The van der Waals surface area contributed by atoms with Crippen LogP contribution < -0.4 is 5.73 Å².